The van der Waals surface area contributed by atoms with Crippen LogP contribution in [0.3, 0.4) is 0 Å². The molecule has 3 unspecified atom stereocenters. The van der Waals surface area contributed by atoms with E-state index in [1.807, 2.05) is 36.4 Å². The van der Waals surface area contributed by atoms with Gasteiger partial charge in [0.05, 0.1) is 17.5 Å². The van der Waals surface area contributed by atoms with E-state index in [0.29, 0.717) is 5.02 Å². The second kappa shape index (κ2) is 10.6. The molecule has 0 bridgehead atoms. The second-order valence-electron chi connectivity index (χ2n) is 10.4. The summed E-state index contributed by atoms with van der Waals surface area (Å²) in [5, 5.41) is 5.37. The maximum Gasteiger partial charge on any atom is 0.172 e. The predicted molar refractivity (Wildman–Crippen MR) is 155 cm³/mol. The number of hydrogen-bond acceptors (Lipinski definition) is 6. The van der Waals surface area contributed by atoms with Gasteiger partial charge in [-0.1, -0.05) is 36.6 Å². The minimum atomic E-state index is 0.682. The summed E-state index contributed by atoms with van der Waals surface area (Å²) in [6, 6.07) is 19.0. The molecule has 7 heteroatoms. The van der Waals surface area contributed by atoms with Crippen LogP contribution in [-0.4, -0.2) is 48.2 Å². The van der Waals surface area contributed by atoms with Crippen LogP contribution in [0.15, 0.2) is 54.6 Å². The molecule has 0 amide bonds. The second-order valence-corrected chi connectivity index (χ2v) is 11.9. The van der Waals surface area contributed by atoms with Crippen molar-refractivity contribution in [2.45, 2.75) is 38.1 Å². The van der Waals surface area contributed by atoms with Gasteiger partial charge in [-0.2, -0.15) is 0 Å². The first-order valence-corrected chi connectivity index (χ1v) is 14.4. The Morgan fingerprint density at radius 2 is 1.89 bits per heavy atom. The zero-order chi connectivity index (χ0) is 25.4. The van der Waals surface area contributed by atoms with Gasteiger partial charge in [0.1, 0.15) is 11.6 Å². The first-order chi connectivity index (χ1) is 18.1. The van der Waals surface area contributed by atoms with E-state index in [4.69, 9.17) is 26.3 Å². The summed E-state index contributed by atoms with van der Waals surface area (Å²) in [6.45, 7) is 2.12. The highest BCUT2D eigenvalue weighted by Crippen LogP contribution is 2.41. The smallest absolute Gasteiger partial charge is 0.172 e. The molecule has 1 saturated carbocycles. The molecule has 4 aromatic rings. The number of nitrogens with one attached hydrogen (secondary N) is 1. The third-order valence-corrected chi connectivity index (χ3v) is 9.49. The first-order valence-electron chi connectivity index (χ1n) is 13.3. The Hall–Kier alpha value is -2.67. The molecular weight excluding hydrogens is 500 g/mol. The molecule has 2 fully saturated rings. The zero-order valence-corrected chi connectivity index (χ0v) is 23.0. The highest BCUT2D eigenvalue weighted by molar-refractivity contribution is 7.18. The summed E-state index contributed by atoms with van der Waals surface area (Å²) < 4.78 is 5.58. The van der Waals surface area contributed by atoms with Gasteiger partial charge in [-0.15, -0.1) is 11.3 Å². The molecule has 6 rings (SSSR count). The van der Waals surface area contributed by atoms with Crippen LogP contribution in [-0.2, 0) is 0 Å². The van der Waals surface area contributed by atoms with Crippen molar-refractivity contribution in [3.05, 3.63) is 59.6 Å². The third kappa shape index (κ3) is 4.95. The summed E-state index contributed by atoms with van der Waals surface area (Å²) in [7, 11) is 4.02. The van der Waals surface area contributed by atoms with Gasteiger partial charge in [0.15, 0.2) is 5.82 Å². The van der Waals surface area contributed by atoms with Crippen molar-refractivity contribution >= 4 is 39.7 Å². The largest absolute Gasteiger partial charge is 0.496 e. The predicted octanol–water partition coefficient (Wildman–Crippen LogP) is 7.61. The lowest BCUT2D eigenvalue weighted by Crippen LogP contribution is -2.32. The van der Waals surface area contributed by atoms with E-state index in [2.05, 4.69) is 35.5 Å². The van der Waals surface area contributed by atoms with Gasteiger partial charge in [0.2, 0.25) is 0 Å². The molecule has 1 aliphatic heterocycles. The van der Waals surface area contributed by atoms with E-state index in [9.17, 15) is 0 Å². The number of methoxy groups -OCH3 is 1. The van der Waals surface area contributed by atoms with Gasteiger partial charge < -0.3 is 15.0 Å². The van der Waals surface area contributed by atoms with Crippen LogP contribution >= 0.6 is 22.9 Å². The normalized spacial score (nSPS) is 21.8. The number of halogens is 1. The monoisotopic (exact) mass is 532 g/mol. The van der Waals surface area contributed by atoms with Crippen molar-refractivity contribution in [3.8, 4) is 26.9 Å². The van der Waals surface area contributed by atoms with Crippen LogP contribution in [0.1, 0.15) is 32.1 Å². The quantitative estimate of drug-likeness (QED) is 0.265. The zero-order valence-electron chi connectivity index (χ0n) is 21.4. The molecule has 2 aliphatic rings. The Bertz CT molecular complexity index is 1410. The lowest BCUT2D eigenvalue weighted by molar-refractivity contribution is 0.205. The number of hydrogen-bond donors (Lipinski definition) is 1. The van der Waals surface area contributed by atoms with E-state index in [1.165, 1.54) is 32.2 Å². The minimum absolute atomic E-state index is 0.682. The summed E-state index contributed by atoms with van der Waals surface area (Å²) in [6.07, 6.45) is 6.68. The van der Waals surface area contributed by atoms with E-state index in [0.717, 1.165) is 74.5 Å². The average Bonchev–Trinajstić information content (AvgIpc) is 3.54. The van der Waals surface area contributed by atoms with Gasteiger partial charge >= 0.3 is 0 Å². The maximum absolute atomic E-state index is 6.36. The van der Waals surface area contributed by atoms with E-state index in [-0.39, 0.29) is 0 Å². The highest BCUT2D eigenvalue weighted by Gasteiger charge is 2.40. The number of para-hydroxylation sites is 1. The van der Waals surface area contributed by atoms with Gasteiger partial charge in [-0.05, 0) is 80.6 Å². The Morgan fingerprint density at radius 3 is 2.78 bits per heavy atom. The van der Waals surface area contributed by atoms with Gasteiger partial charge in [-0.3, -0.25) is 0 Å². The number of fused-ring (bicyclic) bond motifs is 2. The Kier molecular flexibility index (Phi) is 7.06. The van der Waals surface area contributed by atoms with Crippen LogP contribution in [0.2, 0.25) is 5.02 Å². The minimum Gasteiger partial charge on any atom is -0.496 e. The molecular formula is C30H33ClN4OS. The van der Waals surface area contributed by atoms with Crippen molar-refractivity contribution < 1.29 is 4.74 Å². The Morgan fingerprint density at radius 1 is 1.05 bits per heavy atom. The number of anilines is 1. The topological polar surface area (TPSA) is 50.3 Å². The molecule has 5 nitrogen and oxygen atoms in total. The van der Waals surface area contributed by atoms with Gasteiger partial charge in [0.25, 0.3) is 0 Å². The van der Waals surface area contributed by atoms with Gasteiger partial charge in [0, 0.05) is 40.0 Å². The molecule has 1 N–H and O–H groups in total. The summed E-state index contributed by atoms with van der Waals surface area (Å²) in [4.78, 5) is 14.7. The van der Waals surface area contributed by atoms with Crippen LogP contribution in [0.4, 0.5) is 5.82 Å². The number of nitrogens with zero attached hydrogens (tertiary/aromatic N) is 3. The van der Waals surface area contributed by atoms with E-state index < -0.39 is 0 Å². The summed E-state index contributed by atoms with van der Waals surface area (Å²) in [5.74, 6) is 4.07. The fourth-order valence-corrected chi connectivity index (χ4v) is 7.49. The molecule has 0 radical (unpaired) electrons. The molecule has 3 atom stereocenters. The summed E-state index contributed by atoms with van der Waals surface area (Å²) >= 11 is 8.03. The standard InChI is InChI=1S/C30H33ClN4OS/c1-35-18-19(21-7-3-5-9-25(21)35)15-16-32-29-22-12-11-20(31)17-24(22)33-30(34-29)28-14-13-27(37-28)23-8-4-6-10-26(23)36-2/h4,6,8,10-14,17,19,21,25H,3,5,7,9,15-16,18H2,1-2H3,(H,32,33,34). The molecule has 37 heavy (non-hydrogen) atoms. The molecule has 3 heterocycles. The first kappa shape index (κ1) is 24.7. The van der Waals surface area contributed by atoms with Gasteiger partial charge in [-0.25, -0.2) is 9.97 Å². The van der Waals surface area contributed by atoms with Crippen molar-refractivity contribution in [1.82, 2.24) is 14.9 Å². The summed E-state index contributed by atoms with van der Waals surface area (Å²) in [5.41, 5.74) is 1.94. The van der Waals surface area contributed by atoms with Crippen LogP contribution in [0.25, 0.3) is 32.0 Å². The molecule has 0 spiro atoms. The van der Waals surface area contributed by atoms with Crippen molar-refractivity contribution in [2.75, 3.05) is 32.6 Å². The SMILES string of the molecule is COc1ccccc1-c1ccc(-c2nc(NCCC3CN(C)C4CCCCC34)c3ccc(Cl)cc3n2)s1. The number of rotatable bonds is 7. The van der Waals surface area contributed by atoms with E-state index >= 15 is 0 Å². The fraction of sp³-hybridized carbons (Fsp3) is 0.400. The average molecular weight is 533 g/mol. The number of thiophene rings is 1. The van der Waals surface area contributed by atoms with Crippen LogP contribution in [0.5, 0.6) is 5.75 Å². The Balaban J connectivity index is 1.26. The molecule has 192 valence electrons. The number of likely N-dealkylation sites (tertiary alicyclic amines) is 1. The third-order valence-electron chi connectivity index (χ3n) is 8.14. The molecule has 1 aliphatic carbocycles. The molecule has 1 saturated heterocycles. The number of aromatic nitrogens is 2. The maximum atomic E-state index is 6.36. The number of benzene rings is 2. The molecule has 2 aromatic carbocycles. The fourth-order valence-electron chi connectivity index (χ4n) is 6.36. The lowest BCUT2D eigenvalue weighted by Gasteiger charge is -2.31. The van der Waals surface area contributed by atoms with Crippen molar-refractivity contribution in [3.63, 3.8) is 0 Å². The molecule has 2 aromatic heterocycles. The highest BCUT2D eigenvalue weighted by atomic mass is 35.5. The van der Waals surface area contributed by atoms with Crippen LogP contribution in [0, 0.1) is 11.8 Å². The van der Waals surface area contributed by atoms with E-state index in [1.54, 1.807) is 18.4 Å². The Labute approximate surface area is 227 Å². The number of ether oxygens (including phenoxy) is 1. The van der Waals surface area contributed by atoms with Crippen LogP contribution < -0.4 is 10.1 Å². The van der Waals surface area contributed by atoms with Crippen molar-refractivity contribution in [1.29, 1.82) is 0 Å². The van der Waals surface area contributed by atoms with Crippen molar-refractivity contribution in [2.24, 2.45) is 11.8 Å². The lowest BCUT2D eigenvalue weighted by atomic mass is 9.78.